The summed E-state index contributed by atoms with van der Waals surface area (Å²) in [6.07, 6.45) is 1.94. The number of Topliss-reactive ketones (excluding diaryl/α,β-unsaturated/α-hetero) is 1. The second-order valence-electron chi connectivity index (χ2n) is 4.87. The second kappa shape index (κ2) is 6.34. The van der Waals surface area contributed by atoms with Crippen LogP contribution in [0.1, 0.15) is 30.1 Å². The van der Waals surface area contributed by atoms with Gasteiger partial charge >= 0.3 is 5.69 Å². The van der Waals surface area contributed by atoms with Crippen LogP contribution in [0.5, 0.6) is 5.75 Å². The fraction of sp³-hybridized carbons (Fsp3) is 0.429. The number of carbonyl (C=O) groups excluding carboxylic acids is 2. The molecule has 0 N–H and O–H groups in total. The first-order valence-electron chi connectivity index (χ1n) is 6.69. The van der Waals surface area contributed by atoms with Gasteiger partial charge in [-0.1, -0.05) is 0 Å². The lowest BCUT2D eigenvalue weighted by atomic mass is 10.1. The van der Waals surface area contributed by atoms with Gasteiger partial charge in [0.2, 0.25) is 0 Å². The molecule has 1 amide bonds. The van der Waals surface area contributed by atoms with E-state index >= 15 is 0 Å². The third-order valence-corrected chi connectivity index (χ3v) is 3.37. The highest BCUT2D eigenvalue weighted by Gasteiger charge is 2.21. The minimum Gasteiger partial charge on any atom is -0.477 e. The van der Waals surface area contributed by atoms with Crippen LogP contribution in [0.15, 0.2) is 18.2 Å². The van der Waals surface area contributed by atoms with Crippen molar-refractivity contribution in [3.05, 3.63) is 33.9 Å². The fourth-order valence-corrected chi connectivity index (χ4v) is 2.20. The molecular weight excluding hydrogens is 276 g/mol. The van der Waals surface area contributed by atoms with Crippen molar-refractivity contribution in [2.75, 3.05) is 19.7 Å². The maximum absolute atomic E-state index is 11.9. The molecule has 1 heterocycles. The van der Waals surface area contributed by atoms with Crippen LogP contribution in [-0.2, 0) is 4.79 Å². The molecular formula is C14H16N2O5. The summed E-state index contributed by atoms with van der Waals surface area (Å²) in [5, 5.41) is 11.0. The maximum Gasteiger partial charge on any atom is 0.311 e. The number of likely N-dealkylation sites (tertiary alicyclic amines) is 1. The Morgan fingerprint density at radius 2 is 2.00 bits per heavy atom. The Bertz CT molecular complexity index is 579. The molecule has 21 heavy (non-hydrogen) atoms. The highest BCUT2D eigenvalue weighted by molar-refractivity contribution is 5.95. The standard InChI is InChI=1S/C14H16N2O5/c1-10(17)11-4-5-13(12(8-11)16(19)20)21-9-14(18)15-6-2-3-7-15/h4-5,8H,2-3,6-7,9H2,1H3. The van der Waals surface area contributed by atoms with Crippen LogP contribution in [0, 0.1) is 10.1 Å². The number of benzene rings is 1. The van der Waals surface area contributed by atoms with Gasteiger partial charge in [-0.3, -0.25) is 19.7 Å². The Balaban J connectivity index is 2.10. The molecule has 1 fully saturated rings. The zero-order valence-corrected chi connectivity index (χ0v) is 11.7. The predicted molar refractivity (Wildman–Crippen MR) is 74.4 cm³/mol. The summed E-state index contributed by atoms with van der Waals surface area (Å²) in [5.74, 6) is -0.451. The van der Waals surface area contributed by atoms with Crippen molar-refractivity contribution in [3.63, 3.8) is 0 Å². The molecule has 1 aromatic rings. The smallest absolute Gasteiger partial charge is 0.311 e. The summed E-state index contributed by atoms with van der Waals surface area (Å²) >= 11 is 0. The number of amides is 1. The Hall–Kier alpha value is -2.44. The van der Waals surface area contributed by atoms with E-state index in [1.165, 1.54) is 19.1 Å². The molecule has 1 aliphatic rings. The van der Waals surface area contributed by atoms with E-state index in [0.717, 1.165) is 18.9 Å². The summed E-state index contributed by atoms with van der Waals surface area (Å²) < 4.78 is 5.26. The molecule has 2 rings (SSSR count). The van der Waals surface area contributed by atoms with Crippen LogP contribution in [0.4, 0.5) is 5.69 Å². The van der Waals surface area contributed by atoms with Crippen LogP contribution >= 0.6 is 0 Å². The van der Waals surface area contributed by atoms with Gasteiger partial charge in [-0.25, -0.2) is 0 Å². The van der Waals surface area contributed by atoms with Crippen LogP contribution in [0.3, 0.4) is 0 Å². The average molecular weight is 292 g/mol. The lowest BCUT2D eigenvalue weighted by Crippen LogP contribution is -2.32. The number of nitro benzene ring substituents is 1. The molecule has 0 aliphatic carbocycles. The molecule has 1 saturated heterocycles. The molecule has 0 atom stereocenters. The van der Waals surface area contributed by atoms with E-state index in [9.17, 15) is 19.7 Å². The molecule has 7 nitrogen and oxygen atoms in total. The average Bonchev–Trinajstić information content (AvgIpc) is 2.98. The van der Waals surface area contributed by atoms with Crippen molar-refractivity contribution in [1.82, 2.24) is 4.90 Å². The molecule has 7 heteroatoms. The predicted octanol–water partition coefficient (Wildman–Crippen LogP) is 1.80. The first-order chi connectivity index (χ1) is 9.99. The third-order valence-electron chi connectivity index (χ3n) is 3.37. The molecule has 0 unspecified atom stereocenters. The zero-order valence-electron chi connectivity index (χ0n) is 11.7. The number of hydrogen-bond acceptors (Lipinski definition) is 5. The van der Waals surface area contributed by atoms with E-state index in [4.69, 9.17) is 4.74 Å². The first kappa shape index (κ1) is 15.0. The molecule has 0 aromatic heterocycles. The van der Waals surface area contributed by atoms with Crippen molar-refractivity contribution in [1.29, 1.82) is 0 Å². The summed E-state index contributed by atoms with van der Waals surface area (Å²) in [4.78, 5) is 35.2. The van der Waals surface area contributed by atoms with Crippen molar-refractivity contribution in [2.24, 2.45) is 0 Å². The van der Waals surface area contributed by atoms with Crippen molar-refractivity contribution >= 4 is 17.4 Å². The second-order valence-corrected chi connectivity index (χ2v) is 4.87. The van der Waals surface area contributed by atoms with Crippen LogP contribution in [0.25, 0.3) is 0 Å². The maximum atomic E-state index is 11.9. The zero-order chi connectivity index (χ0) is 15.4. The Morgan fingerprint density at radius 3 is 2.57 bits per heavy atom. The normalized spacial score (nSPS) is 14.0. The Kier molecular flexibility index (Phi) is 4.52. The van der Waals surface area contributed by atoms with E-state index in [-0.39, 0.29) is 35.3 Å². The number of rotatable bonds is 5. The lowest BCUT2D eigenvalue weighted by molar-refractivity contribution is -0.385. The number of nitro groups is 1. The monoisotopic (exact) mass is 292 g/mol. The van der Waals surface area contributed by atoms with E-state index < -0.39 is 4.92 Å². The highest BCUT2D eigenvalue weighted by Crippen LogP contribution is 2.28. The van der Waals surface area contributed by atoms with E-state index in [0.29, 0.717) is 13.1 Å². The van der Waals surface area contributed by atoms with Crippen LogP contribution in [0.2, 0.25) is 0 Å². The van der Waals surface area contributed by atoms with Gasteiger partial charge in [0.15, 0.2) is 18.1 Å². The van der Waals surface area contributed by atoms with Gasteiger partial charge in [-0.05, 0) is 31.9 Å². The Labute approximate surface area is 121 Å². The van der Waals surface area contributed by atoms with Crippen LogP contribution < -0.4 is 4.74 Å². The van der Waals surface area contributed by atoms with E-state index in [1.807, 2.05) is 0 Å². The molecule has 1 aromatic carbocycles. The number of carbonyl (C=O) groups is 2. The van der Waals surface area contributed by atoms with Crippen molar-refractivity contribution in [2.45, 2.75) is 19.8 Å². The minimum atomic E-state index is -0.623. The van der Waals surface area contributed by atoms with Gasteiger partial charge in [0.05, 0.1) is 4.92 Å². The van der Waals surface area contributed by atoms with Gasteiger partial charge in [-0.15, -0.1) is 0 Å². The molecule has 112 valence electrons. The summed E-state index contributed by atoms with van der Waals surface area (Å²) in [6, 6.07) is 3.97. The summed E-state index contributed by atoms with van der Waals surface area (Å²) in [5.41, 5.74) is -0.0724. The van der Waals surface area contributed by atoms with Gasteiger partial charge in [0.25, 0.3) is 5.91 Å². The fourth-order valence-electron chi connectivity index (χ4n) is 2.20. The number of nitrogens with zero attached hydrogens (tertiary/aromatic N) is 2. The van der Waals surface area contributed by atoms with Gasteiger partial charge in [-0.2, -0.15) is 0 Å². The quantitative estimate of drug-likeness (QED) is 0.469. The van der Waals surface area contributed by atoms with Gasteiger partial charge in [0, 0.05) is 24.7 Å². The molecule has 0 bridgehead atoms. The van der Waals surface area contributed by atoms with Crippen molar-refractivity contribution in [3.8, 4) is 5.75 Å². The van der Waals surface area contributed by atoms with Gasteiger partial charge in [0.1, 0.15) is 0 Å². The molecule has 0 spiro atoms. The molecule has 0 radical (unpaired) electrons. The SMILES string of the molecule is CC(=O)c1ccc(OCC(=O)N2CCCC2)c([N+](=O)[O-])c1. The minimum absolute atomic E-state index is 0.00227. The van der Waals surface area contributed by atoms with E-state index in [2.05, 4.69) is 0 Å². The largest absolute Gasteiger partial charge is 0.477 e. The summed E-state index contributed by atoms with van der Waals surface area (Å²) in [7, 11) is 0. The van der Waals surface area contributed by atoms with Crippen molar-refractivity contribution < 1.29 is 19.2 Å². The summed E-state index contributed by atoms with van der Waals surface area (Å²) in [6.45, 7) is 2.50. The first-order valence-corrected chi connectivity index (χ1v) is 6.69. The Morgan fingerprint density at radius 1 is 1.33 bits per heavy atom. The highest BCUT2D eigenvalue weighted by atomic mass is 16.6. The molecule has 0 saturated carbocycles. The van der Waals surface area contributed by atoms with Crippen LogP contribution in [-0.4, -0.2) is 41.2 Å². The third kappa shape index (κ3) is 3.56. The van der Waals surface area contributed by atoms with E-state index in [1.54, 1.807) is 4.90 Å². The topological polar surface area (TPSA) is 89.8 Å². The number of hydrogen-bond donors (Lipinski definition) is 0. The molecule has 1 aliphatic heterocycles. The number of ether oxygens (including phenoxy) is 1. The van der Waals surface area contributed by atoms with Gasteiger partial charge < -0.3 is 9.64 Å². The number of ketones is 1. The lowest BCUT2D eigenvalue weighted by Gasteiger charge is -2.15.